The number of allylic oxidation sites excluding steroid dienone is 1. The second kappa shape index (κ2) is 5.81. The first-order valence-corrected chi connectivity index (χ1v) is 9.29. The van der Waals surface area contributed by atoms with E-state index in [0.29, 0.717) is 16.4 Å². The largest absolute Gasteiger partial charge is 0.282 e. The van der Waals surface area contributed by atoms with E-state index in [1.165, 1.54) is 19.1 Å². The van der Waals surface area contributed by atoms with Crippen molar-refractivity contribution < 1.29 is 13.2 Å². The van der Waals surface area contributed by atoms with E-state index in [1.807, 2.05) is 6.08 Å². The molecule has 0 bridgehead atoms. The first kappa shape index (κ1) is 14.8. The third kappa shape index (κ3) is 3.70. The van der Waals surface area contributed by atoms with E-state index >= 15 is 0 Å². The van der Waals surface area contributed by atoms with Gasteiger partial charge >= 0.3 is 0 Å². The molecule has 0 N–H and O–H groups in total. The Kier molecular flexibility index (Phi) is 4.53. The highest BCUT2D eigenvalue weighted by Crippen LogP contribution is 2.33. The van der Waals surface area contributed by atoms with Crippen LogP contribution in [0.5, 0.6) is 0 Å². The quantitative estimate of drug-likeness (QED) is 0.685. The third-order valence-electron chi connectivity index (χ3n) is 3.24. The monoisotopic (exact) mass is 316 g/mol. The van der Waals surface area contributed by atoms with Crippen molar-refractivity contribution in [3.05, 3.63) is 23.1 Å². The van der Waals surface area contributed by atoms with Crippen LogP contribution >= 0.6 is 24.0 Å². The summed E-state index contributed by atoms with van der Waals surface area (Å²) in [4.78, 5) is 12.3. The van der Waals surface area contributed by atoms with Gasteiger partial charge in [-0.3, -0.25) is 4.79 Å². The Hall–Kier alpha value is -0.590. The Labute approximate surface area is 123 Å². The molecule has 6 heteroatoms. The van der Waals surface area contributed by atoms with E-state index in [4.69, 9.17) is 0 Å². The number of sulfone groups is 1. The average molecular weight is 316 g/mol. The number of thiol groups is 1. The Balaban J connectivity index is 2.34. The molecule has 1 aliphatic rings. The molecule has 1 aromatic heterocycles. The van der Waals surface area contributed by atoms with Crippen molar-refractivity contribution in [3.63, 3.8) is 0 Å². The fourth-order valence-corrected chi connectivity index (χ4v) is 4.50. The zero-order valence-corrected chi connectivity index (χ0v) is 13.2. The lowest BCUT2D eigenvalue weighted by Crippen LogP contribution is -1.96. The summed E-state index contributed by atoms with van der Waals surface area (Å²) in [5, 5.41) is -0.297. The van der Waals surface area contributed by atoms with Gasteiger partial charge in [-0.1, -0.05) is 18.9 Å². The molecule has 19 heavy (non-hydrogen) atoms. The summed E-state index contributed by atoms with van der Waals surface area (Å²) in [7, 11) is -3.21. The van der Waals surface area contributed by atoms with Crippen molar-refractivity contribution >= 4 is 44.5 Å². The zero-order valence-electron chi connectivity index (χ0n) is 10.6. The van der Waals surface area contributed by atoms with Crippen LogP contribution in [0.1, 0.15) is 30.6 Å². The fraction of sp³-hybridized carbons (Fsp3) is 0.462. The van der Waals surface area contributed by atoms with Gasteiger partial charge < -0.3 is 0 Å². The first-order chi connectivity index (χ1) is 8.88. The second-order valence-corrected chi connectivity index (χ2v) is 8.55. The Morgan fingerprint density at radius 2 is 2.00 bits per heavy atom. The van der Waals surface area contributed by atoms with E-state index in [-0.39, 0.29) is 9.32 Å². The van der Waals surface area contributed by atoms with Crippen LogP contribution in [0.2, 0.25) is 0 Å². The zero-order chi connectivity index (χ0) is 14.0. The maximum absolute atomic E-state index is 11.6. The van der Waals surface area contributed by atoms with Crippen molar-refractivity contribution in [1.29, 1.82) is 0 Å². The smallest absolute Gasteiger partial charge is 0.217 e. The van der Waals surface area contributed by atoms with E-state index in [0.717, 1.165) is 24.2 Å². The first-order valence-electron chi connectivity index (χ1n) is 6.13. The normalized spacial score (nSPS) is 17.9. The van der Waals surface area contributed by atoms with Crippen LogP contribution in [-0.4, -0.2) is 19.8 Å². The number of carbonyl (C=O) groups excluding carboxylic acids is 1. The highest BCUT2D eigenvalue weighted by atomic mass is 32.2. The van der Waals surface area contributed by atoms with Gasteiger partial charge in [-0.25, -0.2) is 8.42 Å². The molecule has 1 heterocycles. The minimum Gasteiger partial charge on any atom is -0.282 e. The lowest BCUT2D eigenvalue weighted by atomic mass is 10.0. The van der Waals surface area contributed by atoms with Crippen LogP contribution in [-0.2, 0) is 14.6 Å². The van der Waals surface area contributed by atoms with Crippen molar-refractivity contribution in [1.82, 2.24) is 0 Å². The highest BCUT2D eigenvalue weighted by Gasteiger charge is 2.19. The summed E-state index contributed by atoms with van der Waals surface area (Å²) in [6.07, 6.45) is 7.69. The number of rotatable bonds is 4. The SMILES string of the molecule is CS(=O)(=O)c1ccc(/C(=C\C2CCCC2)C(=O)S)s1. The van der Waals surface area contributed by atoms with Crippen molar-refractivity contribution in [2.75, 3.05) is 6.26 Å². The van der Waals surface area contributed by atoms with Gasteiger partial charge in [-0.15, -0.1) is 24.0 Å². The Morgan fingerprint density at radius 3 is 2.47 bits per heavy atom. The maximum atomic E-state index is 11.6. The molecular weight excluding hydrogens is 300 g/mol. The molecule has 0 unspecified atom stereocenters. The minimum atomic E-state index is -3.21. The maximum Gasteiger partial charge on any atom is 0.217 e. The Morgan fingerprint density at radius 1 is 1.37 bits per heavy atom. The predicted octanol–water partition coefficient (Wildman–Crippen LogP) is 3.18. The molecule has 0 aliphatic heterocycles. The summed E-state index contributed by atoms with van der Waals surface area (Å²) >= 11 is 5.04. The topological polar surface area (TPSA) is 51.2 Å². The summed E-state index contributed by atoms with van der Waals surface area (Å²) in [6.45, 7) is 0. The van der Waals surface area contributed by atoms with Gasteiger partial charge in [0.2, 0.25) is 5.12 Å². The summed E-state index contributed by atoms with van der Waals surface area (Å²) in [5.74, 6) is 0.412. The average Bonchev–Trinajstić information content (AvgIpc) is 2.95. The lowest BCUT2D eigenvalue weighted by Gasteiger charge is -2.05. The summed E-state index contributed by atoms with van der Waals surface area (Å²) in [5.41, 5.74) is 0.537. The van der Waals surface area contributed by atoms with Gasteiger partial charge in [-0.2, -0.15) is 0 Å². The molecule has 1 saturated carbocycles. The Bertz CT molecular complexity index is 605. The number of thiophene rings is 1. The molecule has 2 rings (SSSR count). The van der Waals surface area contributed by atoms with Gasteiger partial charge in [0.15, 0.2) is 9.84 Å². The van der Waals surface area contributed by atoms with Gasteiger partial charge in [0.25, 0.3) is 0 Å². The molecule has 1 aromatic rings. The van der Waals surface area contributed by atoms with Crippen molar-refractivity contribution in [3.8, 4) is 0 Å². The molecule has 0 aromatic carbocycles. The van der Waals surface area contributed by atoms with Gasteiger partial charge in [-0.05, 0) is 30.9 Å². The van der Waals surface area contributed by atoms with E-state index < -0.39 is 9.84 Å². The predicted molar refractivity (Wildman–Crippen MR) is 81.4 cm³/mol. The molecule has 1 fully saturated rings. The van der Waals surface area contributed by atoms with Crippen LogP contribution in [0.15, 0.2) is 22.4 Å². The highest BCUT2D eigenvalue weighted by molar-refractivity contribution is 7.98. The van der Waals surface area contributed by atoms with E-state index in [2.05, 4.69) is 12.6 Å². The second-order valence-electron chi connectivity index (χ2n) is 4.82. The van der Waals surface area contributed by atoms with Gasteiger partial charge in [0.05, 0.1) is 0 Å². The molecule has 3 nitrogen and oxygen atoms in total. The van der Waals surface area contributed by atoms with Crippen LogP contribution < -0.4 is 0 Å². The number of hydrogen-bond donors (Lipinski definition) is 1. The summed E-state index contributed by atoms with van der Waals surface area (Å²) in [6, 6.07) is 3.24. The molecular formula is C13H16O3S3. The van der Waals surface area contributed by atoms with Gasteiger partial charge in [0, 0.05) is 16.7 Å². The van der Waals surface area contributed by atoms with Gasteiger partial charge in [0.1, 0.15) is 4.21 Å². The van der Waals surface area contributed by atoms with E-state index in [1.54, 1.807) is 12.1 Å². The molecule has 0 spiro atoms. The molecule has 0 atom stereocenters. The molecule has 0 radical (unpaired) electrons. The molecule has 0 saturated heterocycles. The number of carbonyl (C=O) groups is 1. The van der Waals surface area contributed by atoms with E-state index in [9.17, 15) is 13.2 Å². The third-order valence-corrected chi connectivity index (χ3v) is 6.42. The lowest BCUT2D eigenvalue weighted by molar-refractivity contribution is -0.106. The molecule has 0 amide bonds. The van der Waals surface area contributed by atoms with Crippen LogP contribution in [0.4, 0.5) is 0 Å². The summed E-state index contributed by atoms with van der Waals surface area (Å²) < 4.78 is 23.2. The molecule has 1 aliphatic carbocycles. The van der Waals surface area contributed by atoms with Crippen LogP contribution in [0.3, 0.4) is 0 Å². The standard InChI is InChI=1S/C13H16O3S3/c1-19(15,16)12-7-6-11(18-12)10(13(14)17)8-9-4-2-3-5-9/h6-9H,2-5H2,1H3,(H,14,17)/b10-8+. The molecule has 104 valence electrons. The fourth-order valence-electron chi connectivity index (χ4n) is 2.28. The van der Waals surface area contributed by atoms with Crippen LogP contribution in [0.25, 0.3) is 5.57 Å². The van der Waals surface area contributed by atoms with Crippen LogP contribution in [0, 0.1) is 5.92 Å². The number of hydrogen-bond acceptors (Lipinski definition) is 4. The minimum absolute atomic E-state index is 0.286. The van der Waals surface area contributed by atoms with Crippen molar-refractivity contribution in [2.45, 2.75) is 29.9 Å². The van der Waals surface area contributed by atoms with Crippen molar-refractivity contribution in [2.24, 2.45) is 5.92 Å².